The first kappa shape index (κ1) is 16.0. The Morgan fingerprint density at radius 3 is 2.09 bits per heavy atom. The average Bonchev–Trinajstić information content (AvgIpc) is 2.39. The fourth-order valence-electron chi connectivity index (χ4n) is 1.90. The molecule has 2 nitrogen and oxygen atoms in total. The van der Waals surface area contributed by atoms with Crippen molar-refractivity contribution in [3.05, 3.63) is 48.0 Å². The number of alkyl halides is 6. The van der Waals surface area contributed by atoms with Crippen molar-refractivity contribution in [2.45, 2.75) is 12.5 Å². The van der Waals surface area contributed by atoms with Crippen molar-refractivity contribution in [3.8, 4) is 16.9 Å². The van der Waals surface area contributed by atoms with Crippen LogP contribution in [0, 0.1) is 0 Å². The number of hydrogen-bond donors (Lipinski definition) is 1. The molecule has 0 saturated heterocycles. The van der Waals surface area contributed by atoms with Crippen LogP contribution >= 0.6 is 0 Å². The molecule has 0 heterocycles. The van der Waals surface area contributed by atoms with E-state index < -0.39 is 23.9 Å². The van der Waals surface area contributed by atoms with Crippen LogP contribution in [0.4, 0.5) is 32.0 Å². The molecule has 0 unspecified atom stereocenters. The Labute approximate surface area is 121 Å². The van der Waals surface area contributed by atoms with Crippen LogP contribution in [0.2, 0.25) is 0 Å². The molecule has 0 radical (unpaired) electrons. The van der Waals surface area contributed by atoms with Gasteiger partial charge in [-0.15, -0.1) is 13.2 Å². The maximum Gasteiger partial charge on any atom is 0.573 e. The van der Waals surface area contributed by atoms with Crippen molar-refractivity contribution in [1.29, 1.82) is 0 Å². The Kier molecular flexibility index (Phi) is 3.95. The van der Waals surface area contributed by atoms with E-state index in [-0.39, 0.29) is 16.8 Å². The van der Waals surface area contributed by atoms with Gasteiger partial charge in [-0.25, -0.2) is 0 Å². The Hall–Kier alpha value is -2.38. The molecule has 118 valence electrons. The van der Waals surface area contributed by atoms with E-state index in [0.717, 1.165) is 24.3 Å². The van der Waals surface area contributed by atoms with Gasteiger partial charge in [-0.05, 0) is 29.3 Å². The number of halogens is 6. The third kappa shape index (κ3) is 3.63. The van der Waals surface area contributed by atoms with Crippen LogP contribution in [0.3, 0.4) is 0 Å². The highest BCUT2D eigenvalue weighted by Gasteiger charge is 2.34. The lowest BCUT2D eigenvalue weighted by atomic mass is 9.99. The van der Waals surface area contributed by atoms with Crippen LogP contribution in [0.1, 0.15) is 5.56 Å². The van der Waals surface area contributed by atoms with Crippen molar-refractivity contribution in [2.24, 2.45) is 0 Å². The molecule has 0 atom stereocenters. The molecule has 2 aromatic rings. The minimum absolute atomic E-state index is 0.0821. The van der Waals surface area contributed by atoms with E-state index in [4.69, 9.17) is 5.73 Å². The van der Waals surface area contributed by atoms with Crippen LogP contribution in [0.15, 0.2) is 42.5 Å². The second kappa shape index (κ2) is 5.43. The lowest BCUT2D eigenvalue weighted by molar-refractivity contribution is -0.274. The lowest BCUT2D eigenvalue weighted by Crippen LogP contribution is -2.18. The largest absolute Gasteiger partial charge is 0.573 e. The SMILES string of the molecule is Nc1ccc(-c2ccccc2C(F)(F)F)cc1OC(F)(F)F. The third-order valence-corrected chi connectivity index (χ3v) is 2.78. The molecule has 8 heteroatoms. The molecular weight excluding hydrogens is 312 g/mol. The molecule has 0 saturated carbocycles. The van der Waals surface area contributed by atoms with Crippen LogP contribution in [-0.2, 0) is 6.18 Å². The van der Waals surface area contributed by atoms with Crippen LogP contribution < -0.4 is 10.5 Å². The molecule has 0 aliphatic heterocycles. The molecule has 0 aliphatic rings. The van der Waals surface area contributed by atoms with Crippen molar-refractivity contribution in [1.82, 2.24) is 0 Å². The zero-order valence-corrected chi connectivity index (χ0v) is 10.8. The molecule has 0 aliphatic carbocycles. The molecule has 0 aromatic heterocycles. The summed E-state index contributed by atoms with van der Waals surface area (Å²) in [4.78, 5) is 0. The number of nitrogens with two attached hydrogens (primary N) is 1. The number of nitrogen functional groups attached to an aromatic ring is 1. The van der Waals surface area contributed by atoms with Gasteiger partial charge >= 0.3 is 12.5 Å². The fourth-order valence-corrected chi connectivity index (χ4v) is 1.90. The molecule has 0 fully saturated rings. The summed E-state index contributed by atoms with van der Waals surface area (Å²) in [5, 5.41) is 0. The van der Waals surface area contributed by atoms with E-state index in [1.807, 2.05) is 0 Å². The van der Waals surface area contributed by atoms with Crippen LogP contribution in [0.5, 0.6) is 5.75 Å². The molecule has 2 aromatic carbocycles. The van der Waals surface area contributed by atoms with Gasteiger partial charge in [-0.2, -0.15) is 13.2 Å². The Balaban J connectivity index is 2.53. The maximum atomic E-state index is 12.9. The summed E-state index contributed by atoms with van der Waals surface area (Å²) < 4.78 is 79.4. The minimum Gasteiger partial charge on any atom is -0.404 e. The van der Waals surface area contributed by atoms with E-state index in [0.29, 0.717) is 0 Å². The smallest absolute Gasteiger partial charge is 0.404 e. The Bertz CT molecular complexity index is 678. The number of benzene rings is 2. The Morgan fingerprint density at radius 2 is 1.50 bits per heavy atom. The van der Waals surface area contributed by atoms with E-state index >= 15 is 0 Å². The summed E-state index contributed by atoms with van der Waals surface area (Å²) in [5.74, 6) is -0.748. The Morgan fingerprint density at radius 1 is 0.864 bits per heavy atom. The normalized spacial score (nSPS) is 12.3. The van der Waals surface area contributed by atoms with Crippen LogP contribution in [-0.4, -0.2) is 6.36 Å². The highest BCUT2D eigenvalue weighted by Crippen LogP contribution is 2.39. The van der Waals surface area contributed by atoms with Crippen LogP contribution in [0.25, 0.3) is 11.1 Å². The van der Waals surface area contributed by atoms with E-state index in [9.17, 15) is 26.3 Å². The monoisotopic (exact) mass is 321 g/mol. The van der Waals surface area contributed by atoms with Crippen molar-refractivity contribution < 1.29 is 31.1 Å². The van der Waals surface area contributed by atoms with Crippen molar-refractivity contribution >= 4 is 5.69 Å². The summed E-state index contributed by atoms with van der Waals surface area (Å²) in [6, 6.07) is 7.63. The predicted octanol–water partition coefficient (Wildman–Crippen LogP) is 4.85. The number of ether oxygens (including phenoxy) is 1. The quantitative estimate of drug-likeness (QED) is 0.634. The van der Waals surface area contributed by atoms with E-state index in [1.54, 1.807) is 0 Å². The second-order valence-corrected chi connectivity index (χ2v) is 4.34. The van der Waals surface area contributed by atoms with Gasteiger partial charge in [0.15, 0.2) is 5.75 Å². The molecule has 0 bridgehead atoms. The maximum absolute atomic E-state index is 12.9. The third-order valence-electron chi connectivity index (χ3n) is 2.78. The molecule has 0 spiro atoms. The summed E-state index contributed by atoms with van der Waals surface area (Å²) in [6.07, 6.45) is -9.63. The van der Waals surface area contributed by atoms with Crippen molar-refractivity contribution in [2.75, 3.05) is 5.73 Å². The average molecular weight is 321 g/mol. The standard InChI is InChI=1S/C14H9F6NO/c15-13(16,17)10-4-2-1-3-9(10)8-5-6-11(21)12(7-8)22-14(18,19)20/h1-7H,21H2. The topological polar surface area (TPSA) is 35.2 Å². The van der Waals surface area contributed by atoms with Gasteiger partial charge < -0.3 is 10.5 Å². The fraction of sp³-hybridized carbons (Fsp3) is 0.143. The summed E-state index contributed by atoms with van der Waals surface area (Å²) in [6.45, 7) is 0. The number of hydrogen-bond acceptors (Lipinski definition) is 2. The van der Waals surface area contributed by atoms with Gasteiger partial charge in [-0.1, -0.05) is 24.3 Å². The van der Waals surface area contributed by atoms with Gasteiger partial charge in [0.1, 0.15) is 0 Å². The molecular formula is C14H9F6NO. The highest BCUT2D eigenvalue weighted by atomic mass is 19.4. The zero-order valence-electron chi connectivity index (χ0n) is 10.8. The second-order valence-electron chi connectivity index (χ2n) is 4.34. The highest BCUT2D eigenvalue weighted by molar-refractivity contribution is 5.72. The van der Waals surface area contributed by atoms with Gasteiger partial charge in [0.05, 0.1) is 11.3 Å². The van der Waals surface area contributed by atoms with Crippen molar-refractivity contribution in [3.63, 3.8) is 0 Å². The zero-order chi connectivity index (χ0) is 16.5. The first-order valence-electron chi connectivity index (χ1n) is 5.90. The lowest BCUT2D eigenvalue weighted by Gasteiger charge is -2.15. The predicted molar refractivity (Wildman–Crippen MR) is 68.0 cm³/mol. The van der Waals surface area contributed by atoms with Gasteiger partial charge in [0, 0.05) is 0 Å². The first-order chi connectivity index (χ1) is 10.1. The molecule has 22 heavy (non-hydrogen) atoms. The molecule has 2 rings (SSSR count). The minimum atomic E-state index is -4.99. The molecule has 0 amide bonds. The number of rotatable bonds is 2. The summed E-state index contributed by atoms with van der Waals surface area (Å²) >= 11 is 0. The van der Waals surface area contributed by atoms with E-state index in [1.165, 1.54) is 18.2 Å². The van der Waals surface area contributed by atoms with E-state index in [2.05, 4.69) is 4.74 Å². The van der Waals surface area contributed by atoms with Gasteiger partial charge in [-0.3, -0.25) is 0 Å². The molecule has 2 N–H and O–H groups in total. The summed E-state index contributed by atoms with van der Waals surface area (Å²) in [7, 11) is 0. The van der Waals surface area contributed by atoms with Gasteiger partial charge in [0.25, 0.3) is 0 Å². The van der Waals surface area contributed by atoms with Gasteiger partial charge in [0.2, 0.25) is 0 Å². The first-order valence-corrected chi connectivity index (χ1v) is 5.90. The summed E-state index contributed by atoms with van der Waals surface area (Å²) in [5.41, 5.74) is 3.72. The number of anilines is 1.